The number of aliphatic hydroxyl groups excluding tert-OH is 1. The monoisotopic (exact) mass is 456 g/mol. The number of hydrogen-bond acceptors (Lipinski definition) is 5. The molecule has 2 N–H and O–H groups in total. The number of rotatable bonds is 10. The van der Waals surface area contributed by atoms with Gasteiger partial charge in [-0.25, -0.2) is 9.48 Å². The van der Waals surface area contributed by atoms with Crippen LogP contribution < -0.4 is 5.32 Å². The van der Waals surface area contributed by atoms with E-state index < -0.39 is 5.41 Å². The molecular weight excluding hydrogens is 420 g/mol. The van der Waals surface area contributed by atoms with Crippen LogP contribution in [0.4, 0.5) is 4.79 Å². The third-order valence-electron chi connectivity index (χ3n) is 6.01. The number of hydrogen-bond donors (Lipinski definition) is 2. The highest BCUT2D eigenvalue weighted by Crippen LogP contribution is 2.30. The Morgan fingerprint density at radius 2 is 2.03 bits per heavy atom. The quantitative estimate of drug-likeness (QED) is 0.534. The molecule has 8 heteroatoms. The van der Waals surface area contributed by atoms with Crippen LogP contribution in [-0.2, 0) is 11.2 Å². The first-order chi connectivity index (χ1) is 15.9. The van der Waals surface area contributed by atoms with E-state index in [4.69, 9.17) is 4.74 Å². The van der Waals surface area contributed by atoms with Crippen molar-refractivity contribution in [2.24, 2.45) is 11.3 Å². The summed E-state index contributed by atoms with van der Waals surface area (Å²) in [4.78, 5) is 26.8. The molecule has 1 aromatic heterocycles. The van der Waals surface area contributed by atoms with Gasteiger partial charge in [0.05, 0.1) is 18.9 Å². The average molecular weight is 457 g/mol. The third kappa shape index (κ3) is 6.35. The number of para-hydroxylation sites is 1. The van der Waals surface area contributed by atoms with Gasteiger partial charge in [0, 0.05) is 30.7 Å². The van der Waals surface area contributed by atoms with Crippen LogP contribution in [0.15, 0.2) is 36.4 Å². The van der Waals surface area contributed by atoms with Crippen molar-refractivity contribution in [1.29, 1.82) is 0 Å². The van der Waals surface area contributed by atoms with Crippen molar-refractivity contribution in [3.63, 3.8) is 0 Å². The number of carbonyl (C=O) groups is 2. The average Bonchev–Trinajstić information content (AvgIpc) is 3.43. The van der Waals surface area contributed by atoms with Crippen LogP contribution >= 0.6 is 0 Å². The smallest absolute Gasteiger partial charge is 0.409 e. The lowest BCUT2D eigenvalue weighted by atomic mass is 9.88. The standard InChI is InChI=1S/C25H36N4O4/c1-4-5-13-33-24(32)28-12-11-25(17-28,18-30)16-26-23(31)22-15-21(14-19(2)3)29(27-22)20-9-7-6-8-10-20/h6-10,15,19,30H,4-5,11-14,16-18H2,1-3H3,(H,26,31). The maximum atomic E-state index is 13.0. The summed E-state index contributed by atoms with van der Waals surface area (Å²) in [6.07, 6.45) is 2.83. The molecule has 0 spiro atoms. The Labute approximate surface area is 195 Å². The Morgan fingerprint density at radius 3 is 2.70 bits per heavy atom. The first kappa shape index (κ1) is 24.8. The fraction of sp³-hybridized carbons (Fsp3) is 0.560. The summed E-state index contributed by atoms with van der Waals surface area (Å²) >= 11 is 0. The summed E-state index contributed by atoms with van der Waals surface area (Å²) in [5.74, 6) is 0.130. The van der Waals surface area contributed by atoms with Gasteiger partial charge in [0.1, 0.15) is 0 Å². The molecule has 0 saturated carbocycles. The molecule has 1 fully saturated rings. The van der Waals surface area contributed by atoms with Crippen LogP contribution in [0.25, 0.3) is 5.69 Å². The summed E-state index contributed by atoms with van der Waals surface area (Å²) in [6, 6.07) is 11.6. The lowest BCUT2D eigenvalue weighted by molar-refractivity contribution is 0.0839. The first-order valence-electron chi connectivity index (χ1n) is 11.8. The largest absolute Gasteiger partial charge is 0.449 e. The normalized spacial score (nSPS) is 18.0. The Hall–Kier alpha value is -2.87. The van der Waals surface area contributed by atoms with Crippen molar-refractivity contribution in [3.05, 3.63) is 47.8 Å². The van der Waals surface area contributed by atoms with E-state index in [1.165, 1.54) is 0 Å². The van der Waals surface area contributed by atoms with E-state index in [-0.39, 0.29) is 25.2 Å². The van der Waals surface area contributed by atoms with Crippen molar-refractivity contribution in [2.75, 3.05) is 32.8 Å². The number of ether oxygens (including phenoxy) is 1. The number of amides is 2. The number of benzene rings is 1. The van der Waals surface area contributed by atoms with Gasteiger partial charge in [-0.05, 0) is 43.4 Å². The van der Waals surface area contributed by atoms with Gasteiger partial charge in [0.15, 0.2) is 5.69 Å². The zero-order valence-electron chi connectivity index (χ0n) is 19.9. The van der Waals surface area contributed by atoms with Gasteiger partial charge in [0.2, 0.25) is 0 Å². The second kappa shape index (κ2) is 11.3. The molecule has 1 aromatic carbocycles. The zero-order valence-corrected chi connectivity index (χ0v) is 19.9. The number of nitrogens with one attached hydrogen (secondary N) is 1. The fourth-order valence-corrected chi connectivity index (χ4v) is 4.06. The molecule has 2 heterocycles. The predicted molar refractivity (Wildman–Crippen MR) is 126 cm³/mol. The molecule has 33 heavy (non-hydrogen) atoms. The van der Waals surface area contributed by atoms with Crippen molar-refractivity contribution < 1.29 is 19.4 Å². The molecule has 1 aliphatic heterocycles. The van der Waals surface area contributed by atoms with E-state index in [0.29, 0.717) is 37.7 Å². The summed E-state index contributed by atoms with van der Waals surface area (Å²) in [5.41, 5.74) is 1.64. The molecular formula is C25H36N4O4. The third-order valence-corrected chi connectivity index (χ3v) is 6.01. The summed E-state index contributed by atoms with van der Waals surface area (Å²) in [5, 5.41) is 17.6. The molecule has 0 bridgehead atoms. The lowest BCUT2D eigenvalue weighted by Gasteiger charge is -2.27. The maximum Gasteiger partial charge on any atom is 0.409 e. The number of likely N-dealkylation sites (tertiary alicyclic amines) is 1. The molecule has 1 saturated heterocycles. The SMILES string of the molecule is CCCCOC(=O)N1CCC(CO)(CNC(=O)c2cc(CC(C)C)n(-c3ccccc3)n2)C1. The molecule has 1 unspecified atom stereocenters. The number of nitrogens with zero attached hydrogens (tertiary/aromatic N) is 3. The number of aliphatic hydroxyl groups is 1. The van der Waals surface area contributed by atoms with Gasteiger partial charge < -0.3 is 20.1 Å². The number of carbonyl (C=O) groups excluding carboxylic acids is 2. The second-order valence-electron chi connectivity index (χ2n) is 9.35. The molecule has 2 aromatic rings. The topological polar surface area (TPSA) is 96.7 Å². The fourth-order valence-electron chi connectivity index (χ4n) is 4.06. The van der Waals surface area contributed by atoms with Crippen LogP contribution in [0.3, 0.4) is 0 Å². The minimum atomic E-state index is -0.581. The van der Waals surface area contributed by atoms with Crippen LogP contribution in [-0.4, -0.2) is 64.6 Å². The van der Waals surface area contributed by atoms with Crippen LogP contribution in [0.2, 0.25) is 0 Å². The Bertz CT molecular complexity index is 928. The summed E-state index contributed by atoms with van der Waals surface area (Å²) in [7, 11) is 0. The predicted octanol–water partition coefficient (Wildman–Crippen LogP) is 3.42. The van der Waals surface area contributed by atoms with Gasteiger partial charge in [-0.2, -0.15) is 5.10 Å². The van der Waals surface area contributed by atoms with E-state index in [0.717, 1.165) is 30.6 Å². The van der Waals surface area contributed by atoms with Gasteiger partial charge in [-0.15, -0.1) is 0 Å². The molecule has 8 nitrogen and oxygen atoms in total. The second-order valence-corrected chi connectivity index (χ2v) is 9.35. The van der Waals surface area contributed by atoms with Gasteiger partial charge in [-0.1, -0.05) is 45.4 Å². The first-order valence-corrected chi connectivity index (χ1v) is 11.8. The Morgan fingerprint density at radius 1 is 1.27 bits per heavy atom. The summed E-state index contributed by atoms with van der Waals surface area (Å²) in [6.45, 7) is 7.70. The van der Waals surface area contributed by atoms with E-state index in [1.807, 2.05) is 48.0 Å². The van der Waals surface area contributed by atoms with Crippen molar-refractivity contribution in [3.8, 4) is 5.69 Å². The molecule has 1 atom stereocenters. The van der Waals surface area contributed by atoms with E-state index in [1.54, 1.807) is 4.90 Å². The molecule has 2 amide bonds. The highest BCUT2D eigenvalue weighted by Gasteiger charge is 2.40. The highest BCUT2D eigenvalue weighted by atomic mass is 16.6. The van der Waals surface area contributed by atoms with Crippen LogP contribution in [0.5, 0.6) is 0 Å². The van der Waals surface area contributed by atoms with Crippen LogP contribution in [0, 0.1) is 11.3 Å². The van der Waals surface area contributed by atoms with Gasteiger partial charge >= 0.3 is 6.09 Å². The molecule has 3 rings (SSSR count). The molecule has 180 valence electrons. The highest BCUT2D eigenvalue weighted by molar-refractivity contribution is 5.92. The van der Waals surface area contributed by atoms with E-state index >= 15 is 0 Å². The molecule has 0 aliphatic carbocycles. The number of aromatic nitrogens is 2. The zero-order chi connectivity index (χ0) is 23.8. The van der Waals surface area contributed by atoms with E-state index in [9.17, 15) is 14.7 Å². The van der Waals surface area contributed by atoms with Crippen molar-refractivity contribution >= 4 is 12.0 Å². The van der Waals surface area contributed by atoms with Gasteiger partial charge in [-0.3, -0.25) is 4.79 Å². The minimum Gasteiger partial charge on any atom is -0.449 e. The van der Waals surface area contributed by atoms with Crippen LogP contribution in [0.1, 0.15) is 56.2 Å². The van der Waals surface area contributed by atoms with E-state index in [2.05, 4.69) is 24.3 Å². The Kier molecular flexibility index (Phi) is 8.49. The molecule has 1 aliphatic rings. The lowest BCUT2D eigenvalue weighted by Crippen LogP contribution is -2.43. The minimum absolute atomic E-state index is 0.122. The number of unbranched alkanes of at least 4 members (excludes halogenated alkanes) is 1. The Balaban J connectivity index is 1.66. The molecule has 0 radical (unpaired) electrons. The summed E-state index contributed by atoms with van der Waals surface area (Å²) < 4.78 is 7.11. The maximum absolute atomic E-state index is 13.0. The van der Waals surface area contributed by atoms with Crippen molar-refractivity contribution in [2.45, 2.75) is 46.5 Å². The van der Waals surface area contributed by atoms with Gasteiger partial charge in [0.25, 0.3) is 5.91 Å². The van der Waals surface area contributed by atoms with Crippen molar-refractivity contribution in [1.82, 2.24) is 20.0 Å².